The van der Waals surface area contributed by atoms with Crippen molar-refractivity contribution in [2.45, 2.75) is 25.8 Å². The topological polar surface area (TPSA) is 72.4 Å². The van der Waals surface area contributed by atoms with Crippen molar-refractivity contribution in [3.8, 4) is 0 Å². The number of hydrogen-bond donors (Lipinski definition) is 1. The average molecular weight is 263 g/mol. The molecular weight excluding hydrogens is 242 g/mol. The molecule has 5 nitrogen and oxygen atoms in total. The lowest BCUT2D eigenvalue weighted by Gasteiger charge is -2.40. The van der Waals surface area contributed by atoms with Gasteiger partial charge in [-0.15, -0.1) is 0 Å². The van der Waals surface area contributed by atoms with Crippen molar-refractivity contribution < 1.29 is 4.92 Å². The number of hydrogen-bond acceptors (Lipinski definition) is 4. The van der Waals surface area contributed by atoms with Crippen LogP contribution in [0.5, 0.6) is 0 Å². The SMILES string of the molecule is CCN1CCCC(CN)C1c1ccccc1[N+](=O)[O-]. The van der Waals surface area contributed by atoms with Crippen molar-refractivity contribution in [1.29, 1.82) is 0 Å². The molecular formula is C14H21N3O2. The first-order chi connectivity index (χ1) is 9.19. The van der Waals surface area contributed by atoms with Crippen LogP contribution in [0.2, 0.25) is 0 Å². The van der Waals surface area contributed by atoms with Crippen LogP contribution in [-0.2, 0) is 0 Å². The number of piperidine rings is 1. The van der Waals surface area contributed by atoms with Crippen LogP contribution in [0.15, 0.2) is 24.3 Å². The number of para-hydroxylation sites is 1. The van der Waals surface area contributed by atoms with E-state index < -0.39 is 0 Å². The standard InChI is InChI=1S/C14H21N3O2/c1-2-16-9-5-6-11(10-15)14(16)12-7-3-4-8-13(12)17(18)19/h3-4,7-8,11,14H,2,5-6,9-10,15H2,1H3. The number of nitro benzene ring substituents is 1. The molecule has 0 bridgehead atoms. The Morgan fingerprint density at radius 2 is 2.21 bits per heavy atom. The molecule has 1 fully saturated rings. The summed E-state index contributed by atoms with van der Waals surface area (Å²) in [7, 11) is 0. The summed E-state index contributed by atoms with van der Waals surface area (Å²) in [6.07, 6.45) is 2.16. The average Bonchev–Trinajstić information content (AvgIpc) is 2.46. The first-order valence-corrected chi connectivity index (χ1v) is 6.86. The molecule has 1 saturated heterocycles. The molecule has 1 aliphatic rings. The third-order valence-corrected chi connectivity index (χ3v) is 4.02. The van der Waals surface area contributed by atoms with Crippen molar-refractivity contribution in [3.63, 3.8) is 0 Å². The van der Waals surface area contributed by atoms with E-state index in [0.29, 0.717) is 12.5 Å². The fourth-order valence-corrected chi connectivity index (χ4v) is 3.11. The molecule has 1 aromatic rings. The summed E-state index contributed by atoms with van der Waals surface area (Å²) in [4.78, 5) is 13.2. The van der Waals surface area contributed by atoms with E-state index in [2.05, 4.69) is 11.8 Å². The smallest absolute Gasteiger partial charge is 0.274 e. The fraction of sp³-hybridized carbons (Fsp3) is 0.571. The summed E-state index contributed by atoms with van der Waals surface area (Å²) >= 11 is 0. The third kappa shape index (κ3) is 2.77. The Labute approximate surface area is 113 Å². The summed E-state index contributed by atoms with van der Waals surface area (Å²) in [5.74, 6) is 0.301. The van der Waals surface area contributed by atoms with Gasteiger partial charge in [0.1, 0.15) is 0 Å². The van der Waals surface area contributed by atoms with Crippen LogP contribution in [0.3, 0.4) is 0 Å². The van der Waals surface area contributed by atoms with Gasteiger partial charge in [0.05, 0.1) is 4.92 Å². The zero-order chi connectivity index (χ0) is 13.8. The zero-order valence-electron chi connectivity index (χ0n) is 11.3. The highest BCUT2D eigenvalue weighted by Crippen LogP contribution is 2.39. The van der Waals surface area contributed by atoms with E-state index in [4.69, 9.17) is 5.73 Å². The number of likely N-dealkylation sites (tertiary alicyclic amines) is 1. The quantitative estimate of drug-likeness (QED) is 0.668. The molecule has 0 saturated carbocycles. The van der Waals surface area contributed by atoms with Crippen LogP contribution in [-0.4, -0.2) is 29.5 Å². The van der Waals surface area contributed by atoms with Crippen LogP contribution in [0.4, 0.5) is 5.69 Å². The van der Waals surface area contributed by atoms with Gasteiger partial charge in [-0.25, -0.2) is 0 Å². The van der Waals surface area contributed by atoms with Gasteiger partial charge >= 0.3 is 0 Å². The predicted molar refractivity (Wildman–Crippen MR) is 74.9 cm³/mol. The Morgan fingerprint density at radius 3 is 2.84 bits per heavy atom. The molecule has 2 rings (SSSR count). The largest absolute Gasteiger partial charge is 0.330 e. The Kier molecular flexibility index (Phi) is 4.50. The molecule has 0 spiro atoms. The second-order valence-electron chi connectivity index (χ2n) is 5.03. The van der Waals surface area contributed by atoms with Crippen LogP contribution < -0.4 is 5.73 Å². The second kappa shape index (κ2) is 6.12. The maximum absolute atomic E-state index is 11.2. The monoisotopic (exact) mass is 263 g/mol. The molecule has 2 atom stereocenters. The Hall–Kier alpha value is -1.46. The van der Waals surface area contributed by atoms with Gasteiger partial charge in [-0.1, -0.05) is 25.1 Å². The third-order valence-electron chi connectivity index (χ3n) is 4.02. The van der Waals surface area contributed by atoms with E-state index in [1.54, 1.807) is 12.1 Å². The number of nitrogens with two attached hydrogens (primary N) is 1. The minimum absolute atomic E-state index is 0.0744. The Morgan fingerprint density at radius 1 is 1.47 bits per heavy atom. The zero-order valence-corrected chi connectivity index (χ0v) is 11.3. The molecule has 1 aliphatic heterocycles. The van der Waals surface area contributed by atoms with Crippen LogP contribution >= 0.6 is 0 Å². The van der Waals surface area contributed by atoms with Gasteiger partial charge in [0.2, 0.25) is 0 Å². The van der Waals surface area contributed by atoms with Crippen molar-refractivity contribution in [3.05, 3.63) is 39.9 Å². The molecule has 2 N–H and O–H groups in total. The van der Waals surface area contributed by atoms with E-state index >= 15 is 0 Å². The summed E-state index contributed by atoms with van der Waals surface area (Å²) in [5.41, 5.74) is 6.90. The maximum Gasteiger partial charge on any atom is 0.274 e. The molecule has 104 valence electrons. The number of nitrogens with zero attached hydrogens (tertiary/aromatic N) is 2. The van der Waals surface area contributed by atoms with Crippen molar-refractivity contribution in [2.24, 2.45) is 11.7 Å². The molecule has 19 heavy (non-hydrogen) atoms. The number of benzene rings is 1. The van der Waals surface area contributed by atoms with Gasteiger partial charge < -0.3 is 5.73 Å². The lowest BCUT2D eigenvalue weighted by atomic mass is 9.84. The van der Waals surface area contributed by atoms with E-state index in [0.717, 1.165) is 31.5 Å². The molecule has 5 heteroatoms. The summed E-state index contributed by atoms with van der Waals surface area (Å²) in [6, 6.07) is 7.13. The summed E-state index contributed by atoms with van der Waals surface area (Å²) in [5, 5.41) is 11.2. The highest BCUT2D eigenvalue weighted by atomic mass is 16.6. The minimum Gasteiger partial charge on any atom is -0.330 e. The van der Waals surface area contributed by atoms with Gasteiger partial charge in [0.25, 0.3) is 5.69 Å². The molecule has 0 amide bonds. The van der Waals surface area contributed by atoms with Crippen LogP contribution in [0.1, 0.15) is 31.4 Å². The summed E-state index contributed by atoms with van der Waals surface area (Å²) in [6.45, 7) is 4.56. The summed E-state index contributed by atoms with van der Waals surface area (Å²) < 4.78 is 0. The lowest BCUT2D eigenvalue weighted by Crippen LogP contribution is -2.41. The van der Waals surface area contributed by atoms with Crippen molar-refractivity contribution in [2.75, 3.05) is 19.6 Å². The van der Waals surface area contributed by atoms with E-state index in [9.17, 15) is 10.1 Å². The number of nitro groups is 1. The fourth-order valence-electron chi connectivity index (χ4n) is 3.11. The van der Waals surface area contributed by atoms with Gasteiger partial charge in [0.15, 0.2) is 0 Å². The van der Waals surface area contributed by atoms with Gasteiger partial charge in [-0.3, -0.25) is 15.0 Å². The van der Waals surface area contributed by atoms with Gasteiger partial charge in [0, 0.05) is 17.7 Å². The lowest BCUT2D eigenvalue weighted by molar-refractivity contribution is -0.386. The maximum atomic E-state index is 11.2. The number of rotatable bonds is 4. The van der Waals surface area contributed by atoms with Crippen LogP contribution in [0, 0.1) is 16.0 Å². The molecule has 1 heterocycles. The minimum atomic E-state index is -0.286. The highest BCUT2D eigenvalue weighted by molar-refractivity contribution is 5.42. The molecule has 1 aromatic carbocycles. The Bertz CT molecular complexity index is 438. The van der Waals surface area contributed by atoms with E-state index in [1.165, 1.54) is 0 Å². The van der Waals surface area contributed by atoms with Gasteiger partial charge in [-0.2, -0.15) is 0 Å². The molecule has 0 aromatic heterocycles. The predicted octanol–water partition coefficient (Wildman–Crippen LogP) is 2.33. The normalized spacial score (nSPS) is 24.3. The molecule has 0 radical (unpaired) electrons. The first kappa shape index (κ1) is 14.0. The van der Waals surface area contributed by atoms with Crippen LogP contribution in [0.25, 0.3) is 0 Å². The molecule has 0 aliphatic carbocycles. The van der Waals surface area contributed by atoms with Crippen molar-refractivity contribution >= 4 is 5.69 Å². The van der Waals surface area contributed by atoms with Crippen molar-refractivity contribution in [1.82, 2.24) is 4.90 Å². The Balaban J connectivity index is 2.43. The van der Waals surface area contributed by atoms with Gasteiger partial charge in [-0.05, 0) is 38.4 Å². The first-order valence-electron chi connectivity index (χ1n) is 6.86. The van der Waals surface area contributed by atoms with E-state index in [-0.39, 0.29) is 16.7 Å². The van der Waals surface area contributed by atoms with E-state index in [1.807, 2.05) is 12.1 Å². The second-order valence-corrected chi connectivity index (χ2v) is 5.03. The molecule has 2 unspecified atom stereocenters. The highest BCUT2D eigenvalue weighted by Gasteiger charge is 2.34.